The predicted octanol–water partition coefficient (Wildman–Crippen LogP) is 12.8. The second kappa shape index (κ2) is 14.4. The summed E-state index contributed by atoms with van der Waals surface area (Å²) in [6.45, 7) is 0. The molecule has 59 heavy (non-hydrogen) atoms. The molecule has 11 rings (SSSR count). The third-order valence-corrected chi connectivity index (χ3v) is 11.7. The van der Waals surface area contributed by atoms with Gasteiger partial charge in [0.2, 0.25) is 5.95 Å². The summed E-state index contributed by atoms with van der Waals surface area (Å²) < 4.78 is 4.69. The van der Waals surface area contributed by atoms with E-state index < -0.39 is 0 Å². The normalized spacial score (nSPS) is 16.0. The highest BCUT2D eigenvalue weighted by Crippen LogP contribution is 2.42. The maximum absolute atomic E-state index is 5.53. The highest BCUT2D eigenvalue weighted by atomic mass is 15.2. The summed E-state index contributed by atoms with van der Waals surface area (Å²) in [6.07, 6.45) is 10.7. The molecule has 0 aliphatic carbocycles. The van der Waals surface area contributed by atoms with Crippen LogP contribution < -0.4 is 0 Å². The molecule has 10 aromatic rings. The van der Waals surface area contributed by atoms with Crippen molar-refractivity contribution < 1.29 is 0 Å². The van der Waals surface area contributed by atoms with E-state index in [0.717, 1.165) is 85.2 Å². The molecule has 4 aromatic heterocycles. The Morgan fingerprint density at radius 3 is 1.83 bits per heavy atom. The van der Waals surface area contributed by atoms with Gasteiger partial charge in [-0.1, -0.05) is 140 Å². The number of para-hydroxylation sites is 3. The van der Waals surface area contributed by atoms with E-state index in [2.05, 4.69) is 191 Å². The topological polar surface area (TPSA) is 51.8 Å². The molecule has 1 atom stereocenters. The van der Waals surface area contributed by atoms with Gasteiger partial charge in [-0.2, -0.15) is 0 Å². The molecule has 5 heterocycles. The van der Waals surface area contributed by atoms with Crippen LogP contribution in [0.3, 0.4) is 0 Å². The van der Waals surface area contributed by atoms with Gasteiger partial charge in [0.05, 0.1) is 45.2 Å². The largest absolute Gasteiger partial charge is 0.373 e. The monoisotopic (exact) mass is 760 g/mol. The fourth-order valence-corrected chi connectivity index (χ4v) is 8.96. The van der Waals surface area contributed by atoms with Gasteiger partial charge in [0, 0.05) is 63.4 Å². The van der Waals surface area contributed by atoms with Crippen molar-refractivity contribution in [2.24, 2.45) is 0 Å². The van der Waals surface area contributed by atoms with Crippen LogP contribution >= 0.6 is 0 Å². The summed E-state index contributed by atoms with van der Waals surface area (Å²) in [7, 11) is 2.18. The first-order chi connectivity index (χ1) is 29.2. The Morgan fingerprint density at radius 2 is 1.14 bits per heavy atom. The Bertz CT molecular complexity index is 3210. The fourth-order valence-electron chi connectivity index (χ4n) is 8.96. The van der Waals surface area contributed by atoms with Crippen LogP contribution in [-0.4, -0.2) is 36.0 Å². The van der Waals surface area contributed by atoms with E-state index in [9.17, 15) is 0 Å². The minimum atomic E-state index is 0.234. The number of benzene rings is 6. The van der Waals surface area contributed by atoms with Crippen molar-refractivity contribution in [2.45, 2.75) is 18.9 Å². The lowest BCUT2D eigenvalue weighted by molar-refractivity contribution is 0.320. The zero-order valence-electron chi connectivity index (χ0n) is 32.7. The highest BCUT2D eigenvalue weighted by molar-refractivity contribution is 6.23. The number of nitrogens with zero attached hydrogens (tertiary/aromatic N) is 6. The number of aromatic nitrogens is 5. The zero-order valence-corrected chi connectivity index (χ0v) is 32.7. The fraction of sp³-hybridized carbons (Fsp3) is 0.0755. The summed E-state index contributed by atoms with van der Waals surface area (Å²) in [5, 5.41) is 4.67. The molecule has 0 amide bonds. The highest BCUT2D eigenvalue weighted by Gasteiger charge is 2.24. The molecule has 0 bridgehead atoms. The van der Waals surface area contributed by atoms with Gasteiger partial charge in [-0.15, -0.1) is 0 Å². The molecule has 1 unspecified atom stereocenters. The van der Waals surface area contributed by atoms with Crippen molar-refractivity contribution in [2.75, 3.05) is 7.05 Å². The summed E-state index contributed by atoms with van der Waals surface area (Å²) in [6, 6.07) is 60.2. The first-order valence-electron chi connectivity index (χ1n) is 20.3. The molecule has 0 saturated heterocycles. The Hall–Kier alpha value is -7.57. The second-order valence-corrected chi connectivity index (χ2v) is 15.3. The number of allylic oxidation sites excluding steroid dienone is 3. The molecule has 1 aliphatic rings. The van der Waals surface area contributed by atoms with Crippen molar-refractivity contribution >= 4 is 49.2 Å². The van der Waals surface area contributed by atoms with E-state index in [4.69, 9.17) is 15.0 Å². The van der Waals surface area contributed by atoms with Gasteiger partial charge in [0.1, 0.15) is 0 Å². The average Bonchev–Trinajstić information content (AvgIpc) is 3.82. The maximum Gasteiger partial charge on any atom is 0.235 e. The third-order valence-electron chi connectivity index (χ3n) is 11.7. The molecule has 0 saturated carbocycles. The quantitative estimate of drug-likeness (QED) is 0.169. The van der Waals surface area contributed by atoms with Crippen molar-refractivity contribution in [3.8, 4) is 34.2 Å². The van der Waals surface area contributed by atoms with E-state index >= 15 is 0 Å². The molecule has 0 radical (unpaired) electrons. The number of rotatable bonds is 6. The molecule has 0 fully saturated rings. The minimum Gasteiger partial charge on any atom is -0.373 e. The summed E-state index contributed by atoms with van der Waals surface area (Å²) >= 11 is 0. The van der Waals surface area contributed by atoms with E-state index in [1.54, 1.807) is 0 Å². The van der Waals surface area contributed by atoms with Gasteiger partial charge in [0.25, 0.3) is 0 Å². The minimum absolute atomic E-state index is 0.234. The molecule has 1 aliphatic heterocycles. The van der Waals surface area contributed by atoms with Crippen molar-refractivity contribution in [3.63, 3.8) is 0 Å². The number of pyridine rings is 1. The van der Waals surface area contributed by atoms with Gasteiger partial charge >= 0.3 is 0 Å². The van der Waals surface area contributed by atoms with Gasteiger partial charge in [-0.25, -0.2) is 9.97 Å². The Morgan fingerprint density at radius 1 is 0.525 bits per heavy atom. The number of fused-ring (bicyclic) bond motifs is 7. The molecule has 0 spiro atoms. The van der Waals surface area contributed by atoms with Crippen LogP contribution in [-0.2, 0) is 0 Å². The standard InChI is InChI=1S/C53H40N6/c1-57-35-39(21-11-14-26-48(57)37-19-7-3-8-20-37)47-33-46(38-29-32-45(54-34-38)36-17-5-2-6-18-36)55-53(56-47)59-50-28-16-13-25-42(50)44-31-30-43-41-24-12-15-27-49(41)58(51(43)52(44)59)40-22-9-4-10-23-40/h2-13,15-25,27-35,48H,14,26H2,1H3/b21-11-,39-35+. The maximum atomic E-state index is 5.53. The molecular formula is C53H40N6. The van der Waals surface area contributed by atoms with Gasteiger partial charge in [-0.05, 0) is 60.9 Å². The van der Waals surface area contributed by atoms with Crippen LogP contribution in [0.25, 0.3) is 83.3 Å². The van der Waals surface area contributed by atoms with E-state index in [0.29, 0.717) is 5.95 Å². The lowest BCUT2D eigenvalue weighted by Gasteiger charge is -2.29. The van der Waals surface area contributed by atoms with Crippen LogP contribution in [0.5, 0.6) is 0 Å². The van der Waals surface area contributed by atoms with Crippen LogP contribution in [0.15, 0.2) is 194 Å². The van der Waals surface area contributed by atoms with E-state index in [1.807, 2.05) is 24.4 Å². The summed E-state index contributed by atoms with van der Waals surface area (Å²) in [5.74, 6) is 0.604. The summed E-state index contributed by atoms with van der Waals surface area (Å²) in [5.41, 5.74) is 12.4. The molecule has 0 N–H and O–H groups in total. The SMILES string of the molecule is CN1/C=C(c2cc(-c3ccc(-c4ccccc4)nc3)nc(-n3c4ccccc4c4ccc5c6ccccc6n(-c6ccccc6)c5c43)n2)\C=C/CCC1c1ccccc1. The van der Waals surface area contributed by atoms with Crippen LogP contribution in [0.2, 0.25) is 0 Å². The Labute approximate surface area is 342 Å². The molecule has 6 aromatic carbocycles. The molecular weight excluding hydrogens is 721 g/mol. The predicted molar refractivity (Wildman–Crippen MR) is 243 cm³/mol. The van der Waals surface area contributed by atoms with Crippen LogP contribution in [0, 0.1) is 0 Å². The number of hydrogen-bond acceptors (Lipinski definition) is 4. The Balaban J connectivity index is 1.19. The molecule has 282 valence electrons. The summed E-state index contributed by atoms with van der Waals surface area (Å²) in [4.78, 5) is 18.3. The molecule has 6 heteroatoms. The van der Waals surface area contributed by atoms with E-state index in [-0.39, 0.29) is 6.04 Å². The first kappa shape index (κ1) is 34.7. The van der Waals surface area contributed by atoms with Crippen LogP contribution in [0.1, 0.15) is 30.1 Å². The third kappa shape index (κ3) is 6.00. The molecule has 6 nitrogen and oxygen atoms in total. The van der Waals surface area contributed by atoms with Crippen LogP contribution in [0.4, 0.5) is 0 Å². The smallest absolute Gasteiger partial charge is 0.235 e. The van der Waals surface area contributed by atoms with Gasteiger partial charge < -0.3 is 9.47 Å². The lowest BCUT2D eigenvalue weighted by Crippen LogP contribution is -2.20. The average molecular weight is 761 g/mol. The van der Waals surface area contributed by atoms with Crippen molar-refractivity contribution in [1.29, 1.82) is 0 Å². The van der Waals surface area contributed by atoms with E-state index in [1.165, 1.54) is 16.3 Å². The van der Waals surface area contributed by atoms with Gasteiger partial charge in [0.15, 0.2) is 0 Å². The van der Waals surface area contributed by atoms with Crippen molar-refractivity contribution in [3.05, 3.63) is 206 Å². The second-order valence-electron chi connectivity index (χ2n) is 15.3. The lowest BCUT2D eigenvalue weighted by atomic mass is 9.98. The van der Waals surface area contributed by atoms with Crippen molar-refractivity contribution in [1.82, 2.24) is 29.0 Å². The van der Waals surface area contributed by atoms with Gasteiger partial charge in [-0.3, -0.25) is 9.55 Å². The number of hydrogen-bond donors (Lipinski definition) is 0. The zero-order chi connectivity index (χ0) is 39.3. The Kier molecular flexibility index (Phi) is 8.47. The first-order valence-corrected chi connectivity index (χ1v) is 20.3.